The first kappa shape index (κ1) is 5.78. The molecule has 3 nitrogen and oxygen atoms in total. The number of halogens is 1. The van der Waals surface area contributed by atoms with E-state index >= 15 is 0 Å². The molecule has 8 heavy (non-hydrogen) atoms. The highest BCUT2D eigenvalue weighted by molar-refractivity contribution is 9.11. The van der Waals surface area contributed by atoms with Crippen LogP contribution >= 0.6 is 15.9 Å². The summed E-state index contributed by atoms with van der Waals surface area (Å²) < 4.78 is 0.708. The van der Waals surface area contributed by atoms with E-state index in [1.807, 2.05) is 0 Å². The van der Waals surface area contributed by atoms with Gasteiger partial charge in [-0.1, -0.05) is 0 Å². The molecule has 0 fully saturated rings. The third-order valence-corrected chi connectivity index (χ3v) is 1.47. The molecule has 0 aromatic carbocycles. The number of aliphatic hydroxyl groups excluding tert-OH is 1. The van der Waals surface area contributed by atoms with E-state index in [1.54, 1.807) is 12.5 Å². The molecule has 1 atom stereocenters. The van der Waals surface area contributed by atoms with Crippen molar-refractivity contribution in [3.05, 3.63) is 10.7 Å². The van der Waals surface area contributed by atoms with Gasteiger partial charge in [-0.05, 0) is 15.9 Å². The van der Waals surface area contributed by atoms with E-state index in [4.69, 9.17) is 5.11 Å². The van der Waals surface area contributed by atoms with Gasteiger partial charge < -0.3 is 5.11 Å². The van der Waals surface area contributed by atoms with E-state index in [1.165, 1.54) is 0 Å². The first-order valence-corrected chi connectivity index (χ1v) is 2.97. The zero-order valence-corrected chi connectivity index (χ0v) is 5.64. The Kier molecular flexibility index (Phi) is 1.65. The van der Waals surface area contributed by atoms with Crippen molar-refractivity contribution in [1.82, 2.24) is 5.32 Å². The highest BCUT2D eigenvalue weighted by Gasteiger charge is 2.10. The van der Waals surface area contributed by atoms with Crippen LogP contribution in [0.4, 0.5) is 0 Å². The standard InChI is InChI=1S/C4H5BrN2O/c5-3-1-6-2-7-4(3)8/h1-2,4,8H,(H,6,7)/p+1. The number of nitrogens with one attached hydrogen (secondary N) is 2. The van der Waals surface area contributed by atoms with Gasteiger partial charge in [0.25, 0.3) is 0 Å². The molecule has 1 heterocycles. The van der Waals surface area contributed by atoms with Crippen LogP contribution in [0.25, 0.3) is 0 Å². The van der Waals surface area contributed by atoms with Gasteiger partial charge in [0.1, 0.15) is 10.7 Å². The van der Waals surface area contributed by atoms with Gasteiger partial charge >= 0.3 is 0 Å². The Morgan fingerprint density at radius 3 is 3.00 bits per heavy atom. The SMILES string of the molecule is OC1[NH+]=CNC=C1Br. The van der Waals surface area contributed by atoms with Crippen LogP contribution in [0.15, 0.2) is 10.7 Å². The minimum absolute atomic E-state index is 0.587. The maximum Gasteiger partial charge on any atom is 0.236 e. The van der Waals surface area contributed by atoms with Crippen LogP contribution in [0.2, 0.25) is 0 Å². The van der Waals surface area contributed by atoms with Crippen molar-refractivity contribution in [2.75, 3.05) is 0 Å². The molecule has 0 radical (unpaired) electrons. The predicted octanol–water partition coefficient (Wildman–Crippen LogP) is -1.75. The molecule has 44 valence electrons. The van der Waals surface area contributed by atoms with Gasteiger partial charge in [-0.2, -0.15) is 0 Å². The van der Waals surface area contributed by atoms with Gasteiger partial charge in [0.15, 0.2) is 0 Å². The lowest BCUT2D eigenvalue weighted by Crippen LogP contribution is -2.79. The molecule has 0 saturated heterocycles. The maximum atomic E-state index is 8.88. The van der Waals surface area contributed by atoms with Crippen molar-refractivity contribution in [3.63, 3.8) is 0 Å². The second-order valence-electron chi connectivity index (χ2n) is 1.41. The predicted molar refractivity (Wildman–Crippen MR) is 33.2 cm³/mol. The summed E-state index contributed by atoms with van der Waals surface area (Å²) in [6.07, 6.45) is 2.65. The summed E-state index contributed by atoms with van der Waals surface area (Å²) >= 11 is 3.12. The average Bonchev–Trinajstić information content (AvgIpc) is 1.77. The van der Waals surface area contributed by atoms with Crippen molar-refractivity contribution in [2.45, 2.75) is 6.23 Å². The van der Waals surface area contributed by atoms with E-state index in [2.05, 4.69) is 26.2 Å². The minimum atomic E-state index is -0.587. The van der Waals surface area contributed by atoms with Crippen LogP contribution in [0.1, 0.15) is 0 Å². The van der Waals surface area contributed by atoms with Gasteiger partial charge in [0.05, 0.1) is 0 Å². The average molecular weight is 178 g/mol. The first-order chi connectivity index (χ1) is 3.80. The second-order valence-corrected chi connectivity index (χ2v) is 2.33. The molecule has 0 saturated carbocycles. The maximum absolute atomic E-state index is 8.88. The third-order valence-electron chi connectivity index (χ3n) is 0.807. The molecule has 0 aromatic rings. The normalized spacial score (nSPS) is 26.8. The molecule has 0 amide bonds. The largest absolute Gasteiger partial charge is 0.351 e. The fraction of sp³-hybridized carbons (Fsp3) is 0.250. The highest BCUT2D eigenvalue weighted by Crippen LogP contribution is 2.03. The van der Waals surface area contributed by atoms with Gasteiger partial charge in [0.2, 0.25) is 12.6 Å². The van der Waals surface area contributed by atoms with Crippen LogP contribution in [0.5, 0.6) is 0 Å². The third kappa shape index (κ3) is 1.08. The molecule has 1 unspecified atom stereocenters. The quantitative estimate of drug-likeness (QED) is 0.412. The Morgan fingerprint density at radius 2 is 2.62 bits per heavy atom. The molecule has 0 aliphatic carbocycles. The molecule has 4 heteroatoms. The molecule has 0 aromatic heterocycles. The van der Waals surface area contributed by atoms with Crippen LogP contribution < -0.4 is 10.3 Å². The summed E-state index contributed by atoms with van der Waals surface area (Å²) in [4.78, 5) is 2.64. The van der Waals surface area contributed by atoms with Gasteiger partial charge in [-0.3, -0.25) is 5.32 Å². The van der Waals surface area contributed by atoms with E-state index in [0.29, 0.717) is 4.48 Å². The Balaban J connectivity index is 2.63. The molecular formula is C4H6BrN2O+. The van der Waals surface area contributed by atoms with Crippen molar-refractivity contribution < 1.29 is 10.1 Å². The lowest BCUT2D eigenvalue weighted by molar-refractivity contribution is -0.539. The molecule has 3 N–H and O–H groups in total. The molecule has 1 aliphatic rings. The van der Waals surface area contributed by atoms with Gasteiger partial charge in [0, 0.05) is 0 Å². The van der Waals surface area contributed by atoms with Gasteiger partial charge in [-0.25, -0.2) is 4.99 Å². The van der Waals surface area contributed by atoms with Crippen LogP contribution in [0.3, 0.4) is 0 Å². The summed E-state index contributed by atoms with van der Waals surface area (Å²) in [7, 11) is 0. The molecule has 0 bridgehead atoms. The summed E-state index contributed by atoms with van der Waals surface area (Å²) in [5, 5.41) is 11.6. The van der Waals surface area contributed by atoms with Crippen molar-refractivity contribution in [1.29, 1.82) is 0 Å². The summed E-state index contributed by atoms with van der Waals surface area (Å²) in [5.74, 6) is 0. The zero-order chi connectivity index (χ0) is 5.98. The lowest BCUT2D eigenvalue weighted by Gasteiger charge is -2.02. The monoisotopic (exact) mass is 177 g/mol. The van der Waals surface area contributed by atoms with E-state index < -0.39 is 6.23 Å². The zero-order valence-electron chi connectivity index (χ0n) is 4.06. The Bertz CT molecular complexity index is 143. The van der Waals surface area contributed by atoms with Gasteiger partial charge in [-0.15, -0.1) is 0 Å². The Hall–Kier alpha value is -0.350. The van der Waals surface area contributed by atoms with Crippen molar-refractivity contribution in [2.24, 2.45) is 0 Å². The Labute approximate surface area is 55.2 Å². The van der Waals surface area contributed by atoms with E-state index in [0.717, 1.165) is 0 Å². The Morgan fingerprint density at radius 1 is 1.88 bits per heavy atom. The first-order valence-electron chi connectivity index (χ1n) is 2.18. The second kappa shape index (κ2) is 2.28. The topological polar surface area (TPSA) is 46.2 Å². The molecule has 1 rings (SSSR count). The van der Waals surface area contributed by atoms with Crippen molar-refractivity contribution >= 4 is 22.3 Å². The number of hydrogen-bond acceptors (Lipinski definition) is 2. The van der Waals surface area contributed by atoms with Crippen LogP contribution in [-0.2, 0) is 0 Å². The molecule has 1 aliphatic heterocycles. The summed E-state index contributed by atoms with van der Waals surface area (Å²) in [6, 6.07) is 0. The molecule has 0 spiro atoms. The minimum Gasteiger partial charge on any atom is -0.351 e. The summed E-state index contributed by atoms with van der Waals surface area (Å²) in [5.41, 5.74) is 0. The van der Waals surface area contributed by atoms with E-state index in [9.17, 15) is 0 Å². The number of rotatable bonds is 0. The van der Waals surface area contributed by atoms with Crippen LogP contribution in [-0.4, -0.2) is 17.7 Å². The van der Waals surface area contributed by atoms with Crippen LogP contribution in [0, 0.1) is 0 Å². The summed E-state index contributed by atoms with van der Waals surface area (Å²) in [6.45, 7) is 0. The van der Waals surface area contributed by atoms with E-state index in [-0.39, 0.29) is 0 Å². The number of aliphatic hydroxyl groups is 1. The molecular weight excluding hydrogens is 172 g/mol. The smallest absolute Gasteiger partial charge is 0.236 e. The fourth-order valence-corrected chi connectivity index (χ4v) is 0.671. The van der Waals surface area contributed by atoms with Crippen molar-refractivity contribution in [3.8, 4) is 0 Å². The number of hydrogen-bond donors (Lipinski definition) is 3. The highest BCUT2D eigenvalue weighted by atomic mass is 79.9. The lowest BCUT2D eigenvalue weighted by atomic mass is 10.5. The fourth-order valence-electron chi connectivity index (χ4n) is 0.407.